The van der Waals surface area contributed by atoms with Gasteiger partial charge in [0.25, 0.3) is 5.91 Å². The molecule has 0 heterocycles. The quantitative estimate of drug-likeness (QED) is 0.638. The SMILES string of the molecule is O=C(NSC(O)C1CCCC1)c1ccccc1. The van der Waals surface area contributed by atoms with Crippen molar-refractivity contribution in [3.05, 3.63) is 35.9 Å². The Balaban J connectivity index is 1.80. The largest absolute Gasteiger partial charge is 0.380 e. The molecular weight excluding hydrogens is 234 g/mol. The van der Waals surface area contributed by atoms with Crippen molar-refractivity contribution in [2.75, 3.05) is 0 Å². The Morgan fingerprint density at radius 3 is 2.59 bits per heavy atom. The van der Waals surface area contributed by atoms with Crippen LogP contribution >= 0.6 is 11.9 Å². The second-order valence-electron chi connectivity index (χ2n) is 4.35. The highest BCUT2D eigenvalue weighted by Gasteiger charge is 2.24. The zero-order valence-corrected chi connectivity index (χ0v) is 10.5. The molecule has 1 aromatic rings. The van der Waals surface area contributed by atoms with Crippen LogP contribution in [-0.2, 0) is 0 Å². The lowest BCUT2D eigenvalue weighted by molar-refractivity contribution is 0.0981. The van der Waals surface area contributed by atoms with E-state index in [1.165, 1.54) is 12.8 Å². The van der Waals surface area contributed by atoms with Gasteiger partial charge in [-0.2, -0.15) is 0 Å². The van der Waals surface area contributed by atoms with E-state index in [9.17, 15) is 9.90 Å². The van der Waals surface area contributed by atoms with Crippen LogP contribution in [0.25, 0.3) is 0 Å². The van der Waals surface area contributed by atoms with Crippen molar-refractivity contribution < 1.29 is 9.90 Å². The fourth-order valence-electron chi connectivity index (χ4n) is 2.10. The molecule has 92 valence electrons. The van der Waals surface area contributed by atoms with Gasteiger partial charge in [-0.15, -0.1) is 0 Å². The topological polar surface area (TPSA) is 49.3 Å². The Hall–Kier alpha value is -1.00. The summed E-state index contributed by atoms with van der Waals surface area (Å²) < 4.78 is 2.70. The Bertz CT molecular complexity index is 363. The number of aliphatic hydroxyl groups is 1. The first-order valence-corrected chi connectivity index (χ1v) is 6.84. The van der Waals surface area contributed by atoms with Crippen LogP contribution in [0.4, 0.5) is 0 Å². The van der Waals surface area contributed by atoms with Crippen LogP contribution in [0.3, 0.4) is 0 Å². The maximum absolute atomic E-state index is 11.7. The lowest BCUT2D eigenvalue weighted by Gasteiger charge is -2.16. The van der Waals surface area contributed by atoms with Crippen LogP contribution in [0.5, 0.6) is 0 Å². The first kappa shape index (κ1) is 12.5. The number of nitrogens with one attached hydrogen (secondary N) is 1. The summed E-state index contributed by atoms with van der Waals surface area (Å²) in [6.45, 7) is 0. The summed E-state index contributed by atoms with van der Waals surface area (Å²) in [6.07, 6.45) is 4.51. The summed E-state index contributed by atoms with van der Waals surface area (Å²) in [5, 5.41) is 9.89. The number of amides is 1. The zero-order valence-electron chi connectivity index (χ0n) is 9.63. The van der Waals surface area contributed by atoms with Gasteiger partial charge < -0.3 is 5.11 Å². The molecule has 0 bridgehead atoms. The van der Waals surface area contributed by atoms with Crippen molar-refractivity contribution in [1.82, 2.24) is 4.72 Å². The van der Waals surface area contributed by atoms with Crippen molar-refractivity contribution in [2.24, 2.45) is 5.92 Å². The summed E-state index contributed by atoms with van der Waals surface area (Å²) in [5.41, 5.74) is 0.142. The molecule has 1 aliphatic rings. The van der Waals surface area contributed by atoms with E-state index in [4.69, 9.17) is 0 Å². The van der Waals surface area contributed by atoms with E-state index >= 15 is 0 Å². The van der Waals surface area contributed by atoms with Crippen LogP contribution in [-0.4, -0.2) is 16.4 Å². The summed E-state index contributed by atoms with van der Waals surface area (Å²) in [7, 11) is 0. The zero-order chi connectivity index (χ0) is 12.1. The van der Waals surface area contributed by atoms with Crippen LogP contribution in [0.15, 0.2) is 30.3 Å². The van der Waals surface area contributed by atoms with Gasteiger partial charge in [0.05, 0.1) is 0 Å². The first-order chi connectivity index (χ1) is 8.27. The Morgan fingerprint density at radius 1 is 1.29 bits per heavy atom. The second kappa shape index (κ2) is 6.07. The molecule has 1 aliphatic carbocycles. The molecule has 0 spiro atoms. The van der Waals surface area contributed by atoms with Gasteiger partial charge >= 0.3 is 0 Å². The minimum atomic E-state index is -0.481. The Labute approximate surface area is 106 Å². The van der Waals surface area contributed by atoms with E-state index in [0.29, 0.717) is 11.5 Å². The highest BCUT2D eigenvalue weighted by molar-refractivity contribution is 7.98. The average Bonchev–Trinajstić information content (AvgIpc) is 2.90. The molecule has 1 saturated carbocycles. The Morgan fingerprint density at radius 2 is 1.94 bits per heavy atom. The highest BCUT2D eigenvalue weighted by atomic mass is 32.2. The van der Waals surface area contributed by atoms with Crippen molar-refractivity contribution in [1.29, 1.82) is 0 Å². The summed E-state index contributed by atoms with van der Waals surface area (Å²) in [5.74, 6) is 0.184. The van der Waals surface area contributed by atoms with Crippen LogP contribution in [0.2, 0.25) is 0 Å². The number of rotatable bonds is 4. The molecule has 2 N–H and O–H groups in total. The van der Waals surface area contributed by atoms with Gasteiger partial charge in [-0.1, -0.05) is 31.0 Å². The van der Waals surface area contributed by atoms with Gasteiger partial charge in [0, 0.05) is 5.56 Å². The number of hydrogen-bond donors (Lipinski definition) is 2. The molecule has 0 aromatic heterocycles. The lowest BCUT2D eigenvalue weighted by Crippen LogP contribution is -2.23. The Kier molecular flexibility index (Phi) is 4.45. The predicted molar refractivity (Wildman–Crippen MR) is 69.5 cm³/mol. The molecule has 1 fully saturated rings. The standard InChI is InChI=1S/C13H17NO2S/c15-12(10-6-2-1-3-7-10)14-17-13(16)11-8-4-5-9-11/h1-3,6-7,11,13,16H,4-5,8-9H2,(H,14,15). The number of hydrogen-bond acceptors (Lipinski definition) is 3. The summed E-state index contributed by atoms with van der Waals surface area (Å²) in [4.78, 5) is 11.7. The normalized spacial score (nSPS) is 17.9. The lowest BCUT2D eigenvalue weighted by atomic mass is 10.1. The van der Waals surface area contributed by atoms with E-state index in [0.717, 1.165) is 24.8 Å². The first-order valence-electron chi connectivity index (χ1n) is 5.96. The van der Waals surface area contributed by atoms with E-state index in [1.54, 1.807) is 12.1 Å². The van der Waals surface area contributed by atoms with Gasteiger partial charge in [0.15, 0.2) is 0 Å². The third kappa shape index (κ3) is 3.48. The van der Waals surface area contributed by atoms with E-state index in [-0.39, 0.29) is 5.91 Å². The van der Waals surface area contributed by atoms with Crippen LogP contribution in [0.1, 0.15) is 36.0 Å². The number of benzene rings is 1. The molecule has 1 unspecified atom stereocenters. The van der Waals surface area contributed by atoms with Crippen molar-refractivity contribution in [2.45, 2.75) is 31.1 Å². The molecular formula is C13H17NO2S. The van der Waals surface area contributed by atoms with Crippen LogP contribution < -0.4 is 4.72 Å². The molecule has 1 atom stereocenters. The minimum Gasteiger partial charge on any atom is -0.380 e. The van der Waals surface area contributed by atoms with E-state index in [1.807, 2.05) is 18.2 Å². The van der Waals surface area contributed by atoms with Gasteiger partial charge in [-0.25, -0.2) is 0 Å². The van der Waals surface area contributed by atoms with Crippen molar-refractivity contribution >= 4 is 17.9 Å². The molecule has 0 saturated heterocycles. The fraction of sp³-hybridized carbons (Fsp3) is 0.462. The smallest absolute Gasteiger partial charge is 0.261 e. The van der Waals surface area contributed by atoms with Gasteiger partial charge in [0.1, 0.15) is 5.44 Å². The molecule has 2 rings (SSSR count). The molecule has 0 aliphatic heterocycles. The van der Waals surface area contributed by atoms with E-state index < -0.39 is 5.44 Å². The number of carbonyl (C=O) groups excluding carboxylic acids is 1. The van der Waals surface area contributed by atoms with Crippen molar-refractivity contribution in [3.63, 3.8) is 0 Å². The van der Waals surface area contributed by atoms with E-state index in [2.05, 4.69) is 4.72 Å². The average molecular weight is 251 g/mol. The van der Waals surface area contributed by atoms with Gasteiger partial charge in [0.2, 0.25) is 0 Å². The third-order valence-corrected chi connectivity index (χ3v) is 4.04. The predicted octanol–water partition coefficient (Wildman–Crippen LogP) is 2.57. The van der Waals surface area contributed by atoms with Gasteiger partial charge in [-0.05, 0) is 42.8 Å². The maximum atomic E-state index is 11.7. The summed E-state index contributed by atoms with van der Waals surface area (Å²) >= 11 is 1.13. The molecule has 17 heavy (non-hydrogen) atoms. The minimum absolute atomic E-state index is 0.146. The maximum Gasteiger partial charge on any atom is 0.261 e. The second-order valence-corrected chi connectivity index (χ2v) is 5.27. The van der Waals surface area contributed by atoms with Gasteiger partial charge in [-0.3, -0.25) is 9.52 Å². The summed E-state index contributed by atoms with van der Waals surface area (Å²) in [6, 6.07) is 9.05. The highest BCUT2D eigenvalue weighted by Crippen LogP contribution is 2.31. The number of carbonyl (C=O) groups is 1. The fourth-order valence-corrected chi connectivity index (χ4v) is 2.91. The molecule has 3 nitrogen and oxygen atoms in total. The number of aliphatic hydroxyl groups excluding tert-OH is 1. The molecule has 1 aromatic carbocycles. The molecule has 0 radical (unpaired) electrons. The van der Waals surface area contributed by atoms with Crippen LogP contribution in [0, 0.1) is 5.92 Å². The molecule has 4 heteroatoms. The molecule has 1 amide bonds. The third-order valence-electron chi connectivity index (χ3n) is 3.11. The monoisotopic (exact) mass is 251 g/mol. The van der Waals surface area contributed by atoms with Crippen molar-refractivity contribution in [3.8, 4) is 0 Å².